The van der Waals surface area contributed by atoms with Gasteiger partial charge in [0.2, 0.25) is 0 Å². The summed E-state index contributed by atoms with van der Waals surface area (Å²) in [6.07, 6.45) is 1.84. The minimum absolute atomic E-state index is 0.200. The Morgan fingerprint density at radius 3 is 2.31 bits per heavy atom. The second-order valence-electron chi connectivity index (χ2n) is 4.66. The Hall–Kier alpha value is -1.37. The van der Waals surface area contributed by atoms with Crippen LogP contribution in [0.5, 0.6) is 0 Å². The van der Waals surface area contributed by atoms with E-state index in [0.29, 0.717) is 0 Å². The summed E-state index contributed by atoms with van der Waals surface area (Å²) in [5.74, 6) is 0. The van der Waals surface area contributed by atoms with Crippen molar-refractivity contribution in [1.29, 1.82) is 0 Å². The fourth-order valence-electron chi connectivity index (χ4n) is 1.53. The summed E-state index contributed by atoms with van der Waals surface area (Å²) in [6.45, 7) is 10.7. The number of aromatic nitrogens is 1. The largest absolute Gasteiger partial charge is 0.256 e. The molecule has 0 bridgehead atoms. The molecule has 0 aliphatic rings. The van der Waals surface area contributed by atoms with Gasteiger partial charge in [-0.05, 0) is 23.1 Å². The molecule has 1 heterocycles. The van der Waals surface area contributed by atoms with Crippen molar-refractivity contribution in [3.63, 3.8) is 0 Å². The molecule has 0 radical (unpaired) electrons. The highest BCUT2D eigenvalue weighted by atomic mass is 14.6. The molecule has 0 atom stereocenters. The molecule has 0 saturated heterocycles. The van der Waals surface area contributed by atoms with E-state index >= 15 is 0 Å². The molecule has 0 spiro atoms. The van der Waals surface area contributed by atoms with Crippen molar-refractivity contribution in [2.75, 3.05) is 0 Å². The second kappa shape index (κ2) is 5.11. The number of hydrogen-bond acceptors (Lipinski definition) is 1. The lowest BCUT2D eigenvalue weighted by atomic mass is 9.86. The lowest BCUT2D eigenvalue weighted by Gasteiger charge is -2.19. The van der Waals surface area contributed by atoms with E-state index in [2.05, 4.69) is 50.0 Å². The number of hydrogen-bond donors (Lipinski definition) is 0. The van der Waals surface area contributed by atoms with Crippen molar-refractivity contribution in [2.45, 2.75) is 40.0 Å². The molecular formula is C15H21N. The van der Waals surface area contributed by atoms with E-state index in [0.717, 1.165) is 5.52 Å². The van der Waals surface area contributed by atoms with Crippen LogP contribution in [0.3, 0.4) is 0 Å². The Kier molecular flexibility index (Phi) is 4.05. The first kappa shape index (κ1) is 12.7. The average Bonchev–Trinajstić information content (AvgIpc) is 2.30. The van der Waals surface area contributed by atoms with Crippen LogP contribution < -0.4 is 0 Å². The second-order valence-corrected chi connectivity index (χ2v) is 4.66. The van der Waals surface area contributed by atoms with Crippen molar-refractivity contribution in [2.24, 2.45) is 0 Å². The van der Waals surface area contributed by atoms with E-state index in [4.69, 9.17) is 0 Å². The van der Waals surface area contributed by atoms with E-state index in [9.17, 15) is 0 Å². The van der Waals surface area contributed by atoms with Gasteiger partial charge in [0.25, 0.3) is 0 Å². The fraction of sp³-hybridized carbons (Fsp3) is 0.400. The van der Waals surface area contributed by atoms with Crippen LogP contribution in [0, 0.1) is 0 Å². The monoisotopic (exact) mass is 215 g/mol. The van der Waals surface area contributed by atoms with Crippen molar-refractivity contribution in [3.8, 4) is 0 Å². The van der Waals surface area contributed by atoms with E-state index in [1.165, 1.54) is 10.9 Å². The highest BCUT2D eigenvalue weighted by molar-refractivity contribution is 5.79. The maximum Gasteiger partial charge on any atom is 0.0704 e. The average molecular weight is 215 g/mol. The van der Waals surface area contributed by atoms with Gasteiger partial charge in [0.1, 0.15) is 0 Å². The third-order valence-electron chi connectivity index (χ3n) is 2.47. The van der Waals surface area contributed by atoms with Crippen molar-refractivity contribution < 1.29 is 0 Å². The summed E-state index contributed by atoms with van der Waals surface area (Å²) >= 11 is 0. The molecule has 1 nitrogen and oxygen atoms in total. The lowest BCUT2D eigenvalue weighted by Crippen LogP contribution is -2.10. The fourth-order valence-corrected chi connectivity index (χ4v) is 1.53. The standard InChI is InChI=1S/C13H15N.C2H6/c1-13(2,3)11-7-6-10-5-4-8-14-12(10)9-11;1-2/h4-9H,1-3H3;1-2H3. The highest BCUT2D eigenvalue weighted by Crippen LogP contribution is 2.24. The Labute approximate surface area is 98.5 Å². The van der Waals surface area contributed by atoms with Gasteiger partial charge in [-0.3, -0.25) is 4.98 Å². The van der Waals surface area contributed by atoms with Gasteiger partial charge in [-0.15, -0.1) is 0 Å². The van der Waals surface area contributed by atoms with Crippen LogP contribution in [0.2, 0.25) is 0 Å². The van der Waals surface area contributed by atoms with Crippen LogP contribution in [0.1, 0.15) is 40.2 Å². The number of rotatable bonds is 0. The molecule has 86 valence electrons. The molecule has 1 aromatic heterocycles. The quantitative estimate of drug-likeness (QED) is 0.628. The first-order chi connectivity index (χ1) is 7.57. The van der Waals surface area contributed by atoms with Crippen molar-refractivity contribution in [1.82, 2.24) is 4.98 Å². The third kappa shape index (κ3) is 2.82. The molecule has 0 fully saturated rings. The summed E-state index contributed by atoms with van der Waals surface area (Å²) < 4.78 is 0. The minimum Gasteiger partial charge on any atom is -0.256 e. The van der Waals surface area contributed by atoms with Gasteiger partial charge in [-0.1, -0.05) is 52.8 Å². The number of fused-ring (bicyclic) bond motifs is 1. The molecule has 0 saturated carbocycles. The molecule has 0 aliphatic carbocycles. The van der Waals surface area contributed by atoms with Crippen LogP contribution in [0.15, 0.2) is 36.5 Å². The van der Waals surface area contributed by atoms with Crippen molar-refractivity contribution >= 4 is 10.9 Å². The molecule has 16 heavy (non-hydrogen) atoms. The van der Waals surface area contributed by atoms with Crippen LogP contribution in [-0.4, -0.2) is 4.98 Å². The number of nitrogens with zero attached hydrogens (tertiary/aromatic N) is 1. The Balaban J connectivity index is 0.000000606. The third-order valence-corrected chi connectivity index (χ3v) is 2.47. The first-order valence-corrected chi connectivity index (χ1v) is 5.93. The van der Waals surface area contributed by atoms with E-state index in [1.807, 2.05) is 26.1 Å². The van der Waals surface area contributed by atoms with Gasteiger partial charge in [0.05, 0.1) is 5.52 Å². The van der Waals surface area contributed by atoms with Gasteiger partial charge in [-0.25, -0.2) is 0 Å². The first-order valence-electron chi connectivity index (χ1n) is 5.93. The molecule has 0 unspecified atom stereocenters. The lowest BCUT2D eigenvalue weighted by molar-refractivity contribution is 0.591. The molecule has 2 rings (SSSR count). The Morgan fingerprint density at radius 2 is 1.69 bits per heavy atom. The van der Waals surface area contributed by atoms with Gasteiger partial charge in [0.15, 0.2) is 0 Å². The molecule has 1 aromatic carbocycles. The smallest absolute Gasteiger partial charge is 0.0704 e. The SMILES string of the molecule is CC.CC(C)(C)c1ccc2cccnc2c1. The van der Waals surface area contributed by atoms with Gasteiger partial charge >= 0.3 is 0 Å². The Morgan fingerprint density at radius 1 is 1.00 bits per heavy atom. The summed E-state index contributed by atoms with van der Waals surface area (Å²) in [4.78, 5) is 4.36. The molecule has 0 amide bonds. The van der Waals surface area contributed by atoms with Crippen LogP contribution >= 0.6 is 0 Å². The predicted molar refractivity (Wildman–Crippen MR) is 71.8 cm³/mol. The van der Waals surface area contributed by atoms with Crippen LogP contribution in [0.4, 0.5) is 0 Å². The molecular weight excluding hydrogens is 194 g/mol. The van der Waals surface area contributed by atoms with E-state index in [-0.39, 0.29) is 5.41 Å². The van der Waals surface area contributed by atoms with Crippen molar-refractivity contribution in [3.05, 3.63) is 42.1 Å². The Bertz CT molecular complexity index is 452. The molecule has 0 aliphatic heterocycles. The zero-order valence-electron chi connectivity index (χ0n) is 10.9. The minimum atomic E-state index is 0.200. The zero-order chi connectivity index (χ0) is 12.2. The molecule has 2 aromatic rings. The summed E-state index contributed by atoms with van der Waals surface area (Å²) in [7, 11) is 0. The van der Waals surface area contributed by atoms with Crippen LogP contribution in [-0.2, 0) is 5.41 Å². The topological polar surface area (TPSA) is 12.9 Å². The maximum absolute atomic E-state index is 4.36. The summed E-state index contributed by atoms with van der Waals surface area (Å²) in [5, 5.41) is 1.21. The molecule has 0 N–H and O–H groups in total. The predicted octanol–water partition coefficient (Wildman–Crippen LogP) is 4.56. The summed E-state index contributed by atoms with van der Waals surface area (Å²) in [5.41, 5.74) is 2.62. The number of pyridine rings is 1. The highest BCUT2D eigenvalue weighted by Gasteiger charge is 2.13. The number of benzene rings is 1. The summed E-state index contributed by atoms with van der Waals surface area (Å²) in [6, 6.07) is 10.6. The van der Waals surface area contributed by atoms with E-state index in [1.54, 1.807) is 0 Å². The normalized spacial score (nSPS) is 10.8. The van der Waals surface area contributed by atoms with Gasteiger partial charge in [-0.2, -0.15) is 0 Å². The van der Waals surface area contributed by atoms with Gasteiger partial charge < -0.3 is 0 Å². The molecule has 1 heteroatoms. The van der Waals surface area contributed by atoms with E-state index < -0.39 is 0 Å². The zero-order valence-corrected chi connectivity index (χ0v) is 10.9. The maximum atomic E-state index is 4.36. The van der Waals surface area contributed by atoms with Crippen LogP contribution in [0.25, 0.3) is 10.9 Å². The van der Waals surface area contributed by atoms with Gasteiger partial charge in [0, 0.05) is 11.6 Å².